The lowest BCUT2D eigenvalue weighted by Crippen LogP contribution is -2.31. The van der Waals surface area contributed by atoms with Gasteiger partial charge in [-0.3, -0.25) is 0 Å². The molecule has 0 radical (unpaired) electrons. The third-order valence-corrected chi connectivity index (χ3v) is 5.62. The van der Waals surface area contributed by atoms with Gasteiger partial charge in [0.25, 0.3) is 0 Å². The Bertz CT molecular complexity index is 326. The molecule has 21 heavy (non-hydrogen) atoms. The predicted octanol–water partition coefficient (Wildman–Crippen LogP) is 5.39. The highest BCUT2D eigenvalue weighted by molar-refractivity contribution is 7.87. The van der Waals surface area contributed by atoms with Gasteiger partial charge in [-0.15, -0.1) is 0 Å². The first-order valence-electron chi connectivity index (χ1n) is 8.26. The minimum atomic E-state index is -4.16. The number of quaternary nitrogens is 1. The molecule has 0 aromatic carbocycles. The van der Waals surface area contributed by atoms with E-state index in [2.05, 4.69) is 6.92 Å². The van der Waals surface area contributed by atoms with E-state index in [0.717, 1.165) is 19.3 Å². The van der Waals surface area contributed by atoms with Gasteiger partial charge in [0.05, 0.1) is 14.9 Å². The Kier molecular flexibility index (Phi) is 13.7. The predicted molar refractivity (Wildman–Crippen MR) is 90.8 cm³/mol. The minimum Gasteiger partial charge on any atom is -0.748 e. The lowest BCUT2D eigenvalue weighted by atomic mass is 10.0. The van der Waals surface area contributed by atoms with E-state index in [0.29, 0.717) is 6.42 Å². The maximum atomic E-state index is 11.0. The van der Waals surface area contributed by atoms with Crippen molar-refractivity contribution in [3.63, 3.8) is 0 Å². The van der Waals surface area contributed by atoms with Crippen molar-refractivity contribution in [1.29, 1.82) is 0 Å². The summed E-state index contributed by atoms with van der Waals surface area (Å²) in [5.74, 6) is 0. The summed E-state index contributed by atoms with van der Waals surface area (Å²) in [6, 6.07) is 0. The number of hydrogen-bond acceptors (Lipinski definition) is 3. The van der Waals surface area contributed by atoms with Crippen LogP contribution >= 0.6 is 0 Å². The third-order valence-electron chi connectivity index (χ3n) is 4.06. The van der Waals surface area contributed by atoms with E-state index in [-0.39, 0.29) is 6.15 Å². The summed E-state index contributed by atoms with van der Waals surface area (Å²) in [7, 11) is -4.16. The second kappa shape index (κ2) is 12.4. The Balaban J connectivity index is 0. The lowest BCUT2D eigenvalue weighted by Gasteiger charge is -2.27. The van der Waals surface area contributed by atoms with Crippen molar-refractivity contribution in [3.8, 4) is 0 Å². The summed E-state index contributed by atoms with van der Waals surface area (Å²) in [5, 5.41) is 0. The van der Waals surface area contributed by atoms with Gasteiger partial charge < -0.3 is 10.7 Å². The maximum Gasteiger partial charge on any atom is 0.0999 e. The molecule has 0 spiro atoms. The highest BCUT2D eigenvalue weighted by Gasteiger charge is 2.24. The molecule has 0 aliphatic heterocycles. The molecule has 4 nitrogen and oxygen atoms in total. The van der Waals surface area contributed by atoms with Crippen LogP contribution in [0, 0.1) is 0 Å². The summed E-state index contributed by atoms with van der Waals surface area (Å²) in [6.45, 7) is 5.30. The molecule has 0 unspecified atom stereocenters. The molecule has 0 atom stereocenters. The van der Waals surface area contributed by atoms with Crippen molar-refractivity contribution in [2.45, 2.75) is 103 Å². The molecule has 0 aromatic rings. The first-order chi connectivity index (χ1) is 9.31. The third kappa shape index (κ3) is 12.1. The molecule has 4 N–H and O–H groups in total. The Labute approximate surface area is 132 Å². The quantitative estimate of drug-likeness (QED) is 0.364. The average molecular weight is 324 g/mol. The van der Waals surface area contributed by atoms with Crippen LogP contribution in [-0.2, 0) is 10.1 Å². The van der Waals surface area contributed by atoms with Crippen LogP contribution in [-0.4, -0.2) is 17.7 Å². The summed E-state index contributed by atoms with van der Waals surface area (Å²) in [5.41, 5.74) is 0. The molecule has 0 fully saturated rings. The summed E-state index contributed by atoms with van der Waals surface area (Å²) in [4.78, 5) is 0. The van der Waals surface area contributed by atoms with Crippen molar-refractivity contribution < 1.29 is 13.0 Å². The van der Waals surface area contributed by atoms with E-state index in [1.54, 1.807) is 0 Å². The van der Waals surface area contributed by atoms with Gasteiger partial charge in [0.1, 0.15) is 0 Å². The van der Waals surface area contributed by atoms with E-state index in [1.807, 2.05) is 0 Å². The van der Waals surface area contributed by atoms with Gasteiger partial charge in [0.15, 0.2) is 0 Å². The summed E-state index contributed by atoms with van der Waals surface area (Å²) < 4.78 is 31.9. The van der Waals surface area contributed by atoms with Crippen LogP contribution in [0.5, 0.6) is 0 Å². The number of hydrogen-bond donors (Lipinski definition) is 1. The fourth-order valence-corrected chi connectivity index (χ4v) is 2.73. The highest BCUT2D eigenvalue weighted by atomic mass is 32.2. The van der Waals surface area contributed by atoms with Crippen molar-refractivity contribution in [1.82, 2.24) is 6.15 Å². The topological polar surface area (TPSA) is 93.7 Å². The van der Waals surface area contributed by atoms with Crippen LogP contribution < -0.4 is 6.15 Å². The smallest absolute Gasteiger partial charge is 0.0999 e. The minimum absolute atomic E-state index is 0. The lowest BCUT2D eigenvalue weighted by molar-refractivity contribution is 0.408. The molecule has 0 amide bonds. The van der Waals surface area contributed by atoms with E-state index in [4.69, 9.17) is 0 Å². The SMILES string of the molecule is CCCCCCCCCCCCCC(C)(C)S(=O)(=O)[O-].[NH4+]. The van der Waals surface area contributed by atoms with Gasteiger partial charge in [-0.2, -0.15) is 0 Å². The Morgan fingerprint density at radius 3 is 1.43 bits per heavy atom. The van der Waals surface area contributed by atoms with Gasteiger partial charge in [-0.05, 0) is 20.3 Å². The molecule has 5 heteroatoms. The fourth-order valence-electron chi connectivity index (χ4n) is 2.34. The van der Waals surface area contributed by atoms with Crippen LogP contribution in [0.15, 0.2) is 0 Å². The van der Waals surface area contributed by atoms with Crippen LogP contribution in [0.4, 0.5) is 0 Å². The van der Waals surface area contributed by atoms with Crippen LogP contribution in [0.1, 0.15) is 97.8 Å². The van der Waals surface area contributed by atoms with Crippen molar-refractivity contribution in [2.24, 2.45) is 0 Å². The zero-order chi connectivity index (χ0) is 15.5. The Morgan fingerprint density at radius 1 is 0.762 bits per heavy atom. The molecule has 0 saturated heterocycles. The second-order valence-electron chi connectivity index (χ2n) is 6.50. The van der Waals surface area contributed by atoms with E-state index in [9.17, 15) is 13.0 Å². The van der Waals surface area contributed by atoms with E-state index < -0.39 is 14.9 Å². The zero-order valence-electron chi connectivity index (χ0n) is 14.6. The van der Waals surface area contributed by atoms with Gasteiger partial charge in [-0.1, -0.05) is 77.6 Å². The van der Waals surface area contributed by atoms with Gasteiger partial charge in [-0.25, -0.2) is 8.42 Å². The Hall–Kier alpha value is -0.130. The zero-order valence-corrected chi connectivity index (χ0v) is 15.4. The standard InChI is InChI=1S/C16H34O3S.H3N/c1-4-5-6-7-8-9-10-11-12-13-14-15-16(2,3)20(17,18)19;/h4-15H2,1-3H3,(H,17,18,19);1H3. The van der Waals surface area contributed by atoms with E-state index >= 15 is 0 Å². The molecule has 0 aliphatic carbocycles. The van der Waals surface area contributed by atoms with E-state index in [1.165, 1.54) is 65.2 Å². The fraction of sp³-hybridized carbons (Fsp3) is 1.00. The van der Waals surface area contributed by atoms with Gasteiger partial charge in [0.2, 0.25) is 0 Å². The molecule has 130 valence electrons. The summed E-state index contributed by atoms with van der Waals surface area (Å²) in [6.07, 6.45) is 14.1. The maximum absolute atomic E-state index is 11.0. The molecule has 0 bridgehead atoms. The molecular formula is C16H37NO3S. The van der Waals surface area contributed by atoms with Crippen LogP contribution in [0.3, 0.4) is 0 Å². The first-order valence-corrected chi connectivity index (χ1v) is 9.67. The van der Waals surface area contributed by atoms with Crippen molar-refractivity contribution in [3.05, 3.63) is 0 Å². The molecule has 0 heterocycles. The second-order valence-corrected chi connectivity index (χ2v) is 8.51. The summed E-state index contributed by atoms with van der Waals surface area (Å²) >= 11 is 0. The monoisotopic (exact) mass is 323 g/mol. The molecule has 0 saturated carbocycles. The van der Waals surface area contributed by atoms with Crippen LogP contribution in [0.25, 0.3) is 0 Å². The Morgan fingerprint density at radius 2 is 1.10 bits per heavy atom. The molecule has 0 rings (SSSR count). The highest BCUT2D eigenvalue weighted by Crippen LogP contribution is 2.23. The average Bonchev–Trinajstić information content (AvgIpc) is 2.34. The van der Waals surface area contributed by atoms with Crippen molar-refractivity contribution in [2.75, 3.05) is 0 Å². The van der Waals surface area contributed by atoms with Crippen LogP contribution in [0.2, 0.25) is 0 Å². The molecule has 0 aliphatic rings. The molecule has 0 aromatic heterocycles. The first kappa shape index (κ1) is 23.1. The van der Waals surface area contributed by atoms with Gasteiger partial charge in [0, 0.05) is 0 Å². The number of unbranched alkanes of at least 4 members (excludes halogenated alkanes) is 10. The normalized spacial score (nSPS) is 12.2. The van der Waals surface area contributed by atoms with Gasteiger partial charge >= 0.3 is 0 Å². The largest absolute Gasteiger partial charge is 0.748 e. The van der Waals surface area contributed by atoms with Crippen molar-refractivity contribution >= 4 is 10.1 Å². The molecular weight excluding hydrogens is 286 g/mol. The number of rotatable bonds is 13.